The van der Waals surface area contributed by atoms with Crippen molar-refractivity contribution in [2.24, 2.45) is 5.41 Å². The lowest BCUT2D eigenvalue weighted by Crippen LogP contribution is -2.47. The molecule has 0 aromatic heterocycles. The summed E-state index contributed by atoms with van der Waals surface area (Å²) >= 11 is 0. The number of rotatable bonds is 14. The van der Waals surface area contributed by atoms with Crippen LogP contribution in [0.2, 0.25) is 0 Å². The SMILES string of the molecule is CC(C)(C)NC(CCC(=O)CCCOCCOCC(=O)C(C)(C)C)C(=O)O. The van der Waals surface area contributed by atoms with Crippen LogP contribution in [-0.4, -0.2) is 60.7 Å². The van der Waals surface area contributed by atoms with Crippen LogP contribution in [0.3, 0.4) is 0 Å². The standard InChI is InChI=1S/C20H37NO6/c1-19(2,3)17(23)14-27-13-12-26-11-7-8-15(22)9-10-16(18(24)25)21-20(4,5)6/h16,21H,7-14H2,1-6H3,(H,24,25). The van der Waals surface area contributed by atoms with Crippen LogP contribution >= 0.6 is 0 Å². The molecule has 0 radical (unpaired) electrons. The molecule has 158 valence electrons. The van der Waals surface area contributed by atoms with E-state index in [1.165, 1.54) is 0 Å². The second-order valence-electron chi connectivity index (χ2n) is 8.80. The number of ketones is 2. The molecule has 0 saturated carbocycles. The molecule has 1 atom stereocenters. The monoisotopic (exact) mass is 387 g/mol. The predicted octanol–water partition coefficient (Wildman–Crippen LogP) is 2.61. The topological polar surface area (TPSA) is 102 Å². The third kappa shape index (κ3) is 14.4. The van der Waals surface area contributed by atoms with Crippen molar-refractivity contribution in [1.82, 2.24) is 5.32 Å². The molecule has 0 saturated heterocycles. The Kier molecular flexibility index (Phi) is 11.6. The third-order valence-electron chi connectivity index (χ3n) is 3.80. The van der Waals surface area contributed by atoms with Gasteiger partial charge in [0.25, 0.3) is 0 Å². The zero-order valence-electron chi connectivity index (χ0n) is 17.7. The fourth-order valence-corrected chi connectivity index (χ4v) is 2.18. The molecule has 0 aliphatic rings. The molecule has 0 heterocycles. The van der Waals surface area contributed by atoms with Gasteiger partial charge in [-0.1, -0.05) is 20.8 Å². The second kappa shape index (κ2) is 12.2. The van der Waals surface area contributed by atoms with E-state index >= 15 is 0 Å². The summed E-state index contributed by atoms with van der Waals surface area (Å²) in [4.78, 5) is 34.8. The van der Waals surface area contributed by atoms with Gasteiger partial charge in [-0.25, -0.2) is 0 Å². The number of nitrogens with one attached hydrogen (secondary N) is 1. The van der Waals surface area contributed by atoms with Crippen LogP contribution in [0, 0.1) is 5.41 Å². The zero-order chi connectivity index (χ0) is 21.1. The van der Waals surface area contributed by atoms with Gasteiger partial charge in [-0.05, 0) is 33.6 Å². The van der Waals surface area contributed by atoms with Crippen molar-refractivity contribution in [3.8, 4) is 0 Å². The molecule has 2 N–H and O–H groups in total. The summed E-state index contributed by atoms with van der Waals surface area (Å²) < 4.78 is 10.7. The van der Waals surface area contributed by atoms with Crippen LogP contribution in [-0.2, 0) is 23.9 Å². The van der Waals surface area contributed by atoms with Crippen molar-refractivity contribution in [1.29, 1.82) is 0 Å². The smallest absolute Gasteiger partial charge is 0.320 e. The lowest BCUT2D eigenvalue weighted by molar-refractivity contribution is -0.140. The van der Waals surface area contributed by atoms with E-state index in [2.05, 4.69) is 5.32 Å². The maximum absolute atomic E-state index is 11.9. The first kappa shape index (κ1) is 25.7. The Bertz CT molecular complexity index is 476. The number of carboxylic acid groups (broad SMARTS) is 1. The van der Waals surface area contributed by atoms with Crippen molar-refractivity contribution in [2.75, 3.05) is 26.4 Å². The van der Waals surface area contributed by atoms with Crippen LogP contribution < -0.4 is 5.32 Å². The van der Waals surface area contributed by atoms with Crippen LogP contribution in [0.4, 0.5) is 0 Å². The van der Waals surface area contributed by atoms with E-state index < -0.39 is 17.4 Å². The van der Waals surface area contributed by atoms with Crippen molar-refractivity contribution in [2.45, 2.75) is 78.8 Å². The molecular formula is C20H37NO6. The summed E-state index contributed by atoms with van der Waals surface area (Å²) in [7, 11) is 0. The summed E-state index contributed by atoms with van der Waals surface area (Å²) in [6, 6.07) is -0.724. The van der Waals surface area contributed by atoms with Crippen LogP contribution in [0.1, 0.15) is 67.2 Å². The second-order valence-corrected chi connectivity index (χ2v) is 8.80. The van der Waals surface area contributed by atoms with Crippen LogP contribution in [0.5, 0.6) is 0 Å². The number of aliphatic carboxylic acids is 1. The average molecular weight is 388 g/mol. The number of carbonyl (C=O) groups is 3. The highest BCUT2D eigenvalue weighted by atomic mass is 16.5. The molecule has 0 aliphatic heterocycles. The third-order valence-corrected chi connectivity index (χ3v) is 3.80. The summed E-state index contributed by atoms with van der Waals surface area (Å²) in [5, 5.41) is 12.2. The normalized spacial score (nSPS) is 13.4. The number of Topliss-reactive ketones (excluding diaryl/α,β-unsaturated/α-hetero) is 2. The molecule has 0 aromatic rings. The minimum Gasteiger partial charge on any atom is -0.480 e. The van der Waals surface area contributed by atoms with E-state index in [0.29, 0.717) is 32.7 Å². The molecule has 27 heavy (non-hydrogen) atoms. The molecule has 1 unspecified atom stereocenters. The molecule has 0 aliphatic carbocycles. The number of hydrogen-bond acceptors (Lipinski definition) is 6. The van der Waals surface area contributed by atoms with Gasteiger partial charge < -0.3 is 14.6 Å². The molecule has 7 heteroatoms. The lowest BCUT2D eigenvalue weighted by atomic mass is 9.91. The van der Waals surface area contributed by atoms with E-state index in [-0.39, 0.29) is 36.6 Å². The van der Waals surface area contributed by atoms with E-state index in [0.717, 1.165) is 0 Å². The van der Waals surface area contributed by atoms with Crippen molar-refractivity contribution in [3.63, 3.8) is 0 Å². The quantitative estimate of drug-likeness (QED) is 0.442. The molecule has 0 spiro atoms. The molecule has 0 bridgehead atoms. The summed E-state index contributed by atoms with van der Waals surface area (Å²) in [5.41, 5.74) is -0.719. The Morgan fingerprint density at radius 1 is 0.926 bits per heavy atom. The van der Waals surface area contributed by atoms with Gasteiger partial charge in [-0.15, -0.1) is 0 Å². The van der Waals surface area contributed by atoms with Gasteiger partial charge in [0.05, 0.1) is 13.2 Å². The van der Waals surface area contributed by atoms with E-state index in [4.69, 9.17) is 9.47 Å². The summed E-state index contributed by atoms with van der Waals surface area (Å²) in [6.07, 6.45) is 1.47. The molecule has 0 rings (SSSR count). The van der Waals surface area contributed by atoms with Gasteiger partial charge in [-0.2, -0.15) is 0 Å². The molecular weight excluding hydrogens is 350 g/mol. The molecule has 7 nitrogen and oxygen atoms in total. The Morgan fingerprint density at radius 3 is 2.04 bits per heavy atom. The lowest BCUT2D eigenvalue weighted by Gasteiger charge is -2.25. The fourth-order valence-electron chi connectivity index (χ4n) is 2.18. The van der Waals surface area contributed by atoms with Gasteiger partial charge in [-0.3, -0.25) is 19.7 Å². The van der Waals surface area contributed by atoms with Crippen LogP contribution in [0.15, 0.2) is 0 Å². The van der Waals surface area contributed by atoms with E-state index in [9.17, 15) is 19.5 Å². The van der Waals surface area contributed by atoms with Crippen molar-refractivity contribution >= 4 is 17.5 Å². The number of ether oxygens (including phenoxy) is 2. The van der Waals surface area contributed by atoms with Gasteiger partial charge in [0.1, 0.15) is 18.4 Å². The first-order valence-electron chi connectivity index (χ1n) is 9.54. The summed E-state index contributed by atoms with van der Waals surface area (Å²) in [6.45, 7) is 12.5. The molecule has 0 amide bonds. The number of carboxylic acids is 1. The van der Waals surface area contributed by atoms with Gasteiger partial charge in [0.15, 0.2) is 5.78 Å². The first-order chi connectivity index (χ1) is 12.3. The van der Waals surface area contributed by atoms with Gasteiger partial charge in [0, 0.05) is 30.4 Å². The highest BCUT2D eigenvalue weighted by Gasteiger charge is 2.23. The fraction of sp³-hybridized carbons (Fsp3) is 0.850. The minimum atomic E-state index is -0.939. The first-order valence-corrected chi connectivity index (χ1v) is 9.54. The van der Waals surface area contributed by atoms with E-state index in [1.807, 2.05) is 41.5 Å². The average Bonchev–Trinajstić information content (AvgIpc) is 2.51. The molecule has 0 aromatic carbocycles. The summed E-state index contributed by atoms with van der Waals surface area (Å²) in [5.74, 6) is -0.854. The predicted molar refractivity (Wildman–Crippen MR) is 104 cm³/mol. The van der Waals surface area contributed by atoms with Gasteiger partial charge >= 0.3 is 5.97 Å². The largest absolute Gasteiger partial charge is 0.480 e. The Labute approximate surface area is 163 Å². The highest BCUT2D eigenvalue weighted by Crippen LogP contribution is 2.14. The Morgan fingerprint density at radius 2 is 1.52 bits per heavy atom. The highest BCUT2D eigenvalue weighted by molar-refractivity contribution is 5.84. The van der Waals surface area contributed by atoms with Crippen molar-refractivity contribution < 1.29 is 29.0 Å². The maximum atomic E-state index is 11.9. The number of carbonyl (C=O) groups excluding carboxylic acids is 2. The maximum Gasteiger partial charge on any atom is 0.320 e. The van der Waals surface area contributed by atoms with E-state index in [1.54, 1.807) is 0 Å². The van der Waals surface area contributed by atoms with Crippen molar-refractivity contribution in [3.05, 3.63) is 0 Å². The zero-order valence-corrected chi connectivity index (χ0v) is 17.7. The number of hydrogen-bond donors (Lipinski definition) is 2. The van der Waals surface area contributed by atoms with Crippen LogP contribution in [0.25, 0.3) is 0 Å². The molecule has 0 fully saturated rings. The minimum absolute atomic E-state index is 0.0348. The van der Waals surface area contributed by atoms with Gasteiger partial charge in [0.2, 0.25) is 0 Å². The Balaban J connectivity index is 3.77. The Hall–Kier alpha value is -1.31.